The Morgan fingerprint density at radius 2 is 1.88 bits per heavy atom. The van der Waals surface area contributed by atoms with E-state index in [1.807, 2.05) is 0 Å². The maximum absolute atomic E-state index is 13.8. The number of benzene rings is 1. The lowest BCUT2D eigenvalue weighted by Gasteiger charge is -2.12. The van der Waals surface area contributed by atoms with Crippen LogP contribution in [0.5, 0.6) is 0 Å². The van der Waals surface area contributed by atoms with Crippen molar-refractivity contribution in [3.8, 4) is 0 Å². The Balaban J connectivity index is 2.42. The normalized spacial score (nSPS) is 11.7. The molecule has 0 radical (unpaired) electrons. The van der Waals surface area contributed by atoms with Gasteiger partial charge in [-0.1, -0.05) is 17.3 Å². The molecule has 0 atom stereocenters. The van der Waals surface area contributed by atoms with Crippen molar-refractivity contribution in [3.63, 3.8) is 0 Å². The molecule has 1 aromatic carbocycles. The number of nitrogens with zero attached hydrogens (tertiary/aromatic N) is 2. The average Bonchev–Trinajstić information content (AvgIpc) is 2.66. The highest BCUT2D eigenvalue weighted by molar-refractivity contribution is 5.41. The topological polar surface area (TPSA) is 64.9 Å². The number of aryl methyl sites for hydroxylation is 1. The number of aromatic nitrogens is 2. The number of nitrogens with two attached hydrogens (primary N) is 1. The smallest absolute Gasteiger partial charge is 0.335 e. The van der Waals surface area contributed by atoms with Crippen LogP contribution in [0.25, 0.3) is 0 Å². The summed E-state index contributed by atoms with van der Waals surface area (Å²) < 4.78 is 32.1. The Hall–Kier alpha value is -1.98. The summed E-state index contributed by atoms with van der Waals surface area (Å²) in [6.45, 7) is 1.45. The van der Waals surface area contributed by atoms with Gasteiger partial charge in [0.1, 0.15) is 0 Å². The lowest BCUT2D eigenvalue weighted by atomic mass is 10.1. The quantitative estimate of drug-likeness (QED) is 0.795. The van der Waals surface area contributed by atoms with E-state index in [9.17, 15) is 8.78 Å². The molecule has 0 fully saturated rings. The second-order valence-electron chi connectivity index (χ2n) is 3.33. The van der Waals surface area contributed by atoms with Gasteiger partial charge < -0.3 is 10.3 Å². The van der Waals surface area contributed by atoms with Crippen LogP contribution in [0.4, 0.5) is 14.5 Å². The molecule has 2 N–H and O–H groups in total. The van der Waals surface area contributed by atoms with Crippen LogP contribution in [0.15, 0.2) is 28.8 Å². The van der Waals surface area contributed by atoms with Crippen LogP contribution in [0, 0.1) is 6.92 Å². The maximum atomic E-state index is 13.8. The monoisotopic (exact) mass is 225 g/mol. The minimum absolute atomic E-state index is 0.102. The summed E-state index contributed by atoms with van der Waals surface area (Å²) in [6.07, 6.45) is 0. The number of rotatable bonds is 2. The van der Waals surface area contributed by atoms with Crippen molar-refractivity contribution in [1.29, 1.82) is 0 Å². The Morgan fingerprint density at radius 1 is 1.25 bits per heavy atom. The molecule has 2 rings (SSSR count). The third-order valence-corrected chi connectivity index (χ3v) is 2.08. The standard InChI is InChI=1S/C10H9F2N3O/c1-6-14-9(15-16-6)10(11,12)7-2-4-8(13)5-3-7/h2-5H,13H2,1H3. The summed E-state index contributed by atoms with van der Waals surface area (Å²) in [5.41, 5.74) is 5.62. The van der Waals surface area contributed by atoms with Gasteiger partial charge in [0.05, 0.1) is 0 Å². The third-order valence-electron chi connectivity index (χ3n) is 2.08. The van der Waals surface area contributed by atoms with E-state index in [1.165, 1.54) is 31.2 Å². The van der Waals surface area contributed by atoms with E-state index in [1.54, 1.807) is 0 Å². The SMILES string of the molecule is Cc1nc(C(F)(F)c2ccc(N)cc2)no1. The first-order chi connectivity index (χ1) is 7.50. The largest absolute Gasteiger partial charge is 0.399 e. The fourth-order valence-corrected chi connectivity index (χ4v) is 1.25. The number of hydrogen-bond donors (Lipinski definition) is 1. The van der Waals surface area contributed by atoms with Gasteiger partial charge in [0, 0.05) is 18.2 Å². The van der Waals surface area contributed by atoms with Crippen LogP contribution in [0.1, 0.15) is 17.3 Å². The van der Waals surface area contributed by atoms with Crippen LogP contribution >= 0.6 is 0 Å². The van der Waals surface area contributed by atoms with E-state index in [-0.39, 0.29) is 11.5 Å². The van der Waals surface area contributed by atoms with Crippen LogP contribution < -0.4 is 5.73 Å². The molecule has 0 saturated carbocycles. The van der Waals surface area contributed by atoms with E-state index >= 15 is 0 Å². The number of anilines is 1. The molecule has 1 aromatic heterocycles. The molecular weight excluding hydrogens is 216 g/mol. The first-order valence-corrected chi connectivity index (χ1v) is 4.55. The van der Waals surface area contributed by atoms with Crippen molar-refractivity contribution < 1.29 is 13.3 Å². The summed E-state index contributed by atoms with van der Waals surface area (Å²) >= 11 is 0. The number of alkyl halides is 2. The van der Waals surface area contributed by atoms with Crippen molar-refractivity contribution >= 4 is 5.69 Å². The van der Waals surface area contributed by atoms with Crippen molar-refractivity contribution in [3.05, 3.63) is 41.5 Å². The first kappa shape index (κ1) is 10.5. The lowest BCUT2D eigenvalue weighted by Crippen LogP contribution is -2.17. The van der Waals surface area contributed by atoms with E-state index in [0.29, 0.717) is 5.69 Å². The average molecular weight is 225 g/mol. The van der Waals surface area contributed by atoms with E-state index < -0.39 is 11.7 Å². The molecule has 0 aliphatic heterocycles. The molecule has 0 amide bonds. The molecule has 4 nitrogen and oxygen atoms in total. The Bertz CT molecular complexity index is 493. The zero-order chi connectivity index (χ0) is 11.8. The lowest BCUT2D eigenvalue weighted by molar-refractivity contribution is 0.0305. The predicted molar refractivity (Wildman–Crippen MR) is 52.9 cm³/mol. The summed E-state index contributed by atoms with van der Waals surface area (Å²) in [7, 11) is 0. The highest BCUT2D eigenvalue weighted by Crippen LogP contribution is 2.33. The van der Waals surface area contributed by atoms with Gasteiger partial charge >= 0.3 is 5.92 Å². The van der Waals surface area contributed by atoms with Crippen molar-refractivity contribution in [2.75, 3.05) is 5.73 Å². The van der Waals surface area contributed by atoms with Gasteiger partial charge in [-0.05, 0) is 12.1 Å². The Labute approximate surface area is 90.1 Å². The maximum Gasteiger partial charge on any atom is 0.335 e. The molecule has 0 saturated heterocycles. The summed E-state index contributed by atoms with van der Waals surface area (Å²) in [5, 5.41) is 3.22. The summed E-state index contributed by atoms with van der Waals surface area (Å²) in [4.78, 5) is 3.52. The molecular formula is C10H9F2N3O. The zero-order valence-corrected chi connectivity index (χ0v) is 8.45. The molecule has 2 aromatic rings. The second kappa shape index (κ2) is 3.55. The van der Waals surface area contributed by atoms with E-state index in [0.717, 1.165) is 0 Å². The molecule has 0 unspecified atom stereocenters. The molecule has 0 aliphatic rings. The van der Waals surface area contributed by atoms with Crippen molar-refractivity contribution in [1.82, 2.24) is 10.1 Å². The Kier molecular flexibility index (Phi) is 2.34. The number of hydrogen-bond acceptors (Lipinski definition) is 4. The predicted octanol–water partition coefficient (Wildman–Crippen LogP) is 2.10. The molecule has 0 spiro atoms. The number of nitrogen functional groups attached to an aromatic ring is 1. The number of halogens is 2. The fraction of sp³-hybridized carbons (Fsp3) is 0.200. The molecule has 1 heterocycles. The minimum atomic E-state index is -3.27. The van der Waals surface area contributed by atoms with Crippen molar-refractivity contribution in [2.24, 2.45) is 0 Å². The summed E-state index contributed by atoms with van der Waals surface area (Å²) in [5.74, 6) is -3.81. The van der Waals surface area contributed by atoms with Gasteiger partial charge in [0.15, 0.2) is 0 Å². The van der Waals surface area contributed by atoms with Gasteiger partial charge in [-0.15, -0.1) is 0 Å². The van der Waals surface area contributed by atoms with Gasteiger partial charge in [0.2, 0.25) is 11.7 Å². The van der Waals surface area contributed by atoms with E-state index in [4.69, 9.17) is 5.73 Å². The molecule has 84 valence electrons. The van der Waals surface area contributed by atoms with Crippen LogP contribution in [-0.2, 0) is 5.92 Å². The van der Waals surface area contributed by atoms with Gasteiger partial charge in [-0.25, -0.2) is 0 Å². The second-order valence-corrected chi connectivity index (χ2v) is 3.33. The van der Waals surface area contributed by atoms with Gasteiger partial charge in [-0.2, -0.15) is 13.8 Å². The zero-order valence-electron chi connectivity index (χ0n) is 8.45. The third kappa shape index (κ3) is 1.73. The fourth-order valence-electron chi connectivity index (χ4n) is 1.25. The molecule has 0 aliphatic carbocycles. The van der Waals surface area contributed by atoms with Crippen LogP contribution in [-0.4, -0.2) is 10.1 Å². The van der Waals surface area contributed by atoms with Gasteiger partial charge in [0.25, 0.3) is 0 Å². The van der Waals surface area contributed by atoms with Crippen LogP contribution in [0.3, 0.4) is 0 Å². The highest BCUT2D eigenvalue weighted by atomic mass is 19.3. The minimum Gasteiger partial charge on any atom is -0.399 e. The molecule has 0 bridgehead atoms. The first-order valence-electron chi connectivity index (χ1n) is 4.55. The molecule has 6 heteroatoms. The van der Waals surface area contributed by atoms with Crippen LogP contribution in [0.2, 0.25) is 0 Å². The highest BCUT2D eigenvalue weighted by Gasteiger charge is 2.39. The summed E-state index contributed by atoms with van der Waals surface area (Å²) in [6, 6.07) is 5.27. The molecule has 16 heavy (non-hydrogen) atoms. The Morgan fingerprint density at radius 3 is 2.38 bits per heavy atom. The van der Waals surface area contributed by atoms with E-state index in [2.05, 4.69) is 14.7 Å². The van der Waals surface area contributed by atoms with Gasteiger partial charge in [-0.3, -0.25) is 0 Å². The van der Waals surface area contributed by atoms with Crippen molar-refractivity contribution in [2.45, 2.75) is 12.8 Å².